The fourth-order valence-corrected chi connectivity index (χ4v) is 3.86. The Bertz CT molecular complexity index is 1220. The van der Waals surface area contributed by atoms with Crippen LogP contribution in [0, 0.1) is 0 Å². The number of nitrogens with zero attached hydrogens (tertiary/aromatic N) is 4. The van der Waals surface area contributed by atoms with Gasteiger partial charge in [-0.25, -0.2) is 4.98 Å². The van der Waals surface area contributed by atoms with Gasteiger partial charge in [-0.3, -0.25) is 9.59 Å². The van der Waals surface area contributed by atoms with Crippen molar-refractivity contribution in [2.24, 2.45) is 7.05 Å². The molecule has 0 bridgehead atoms. The van der Waals surface area contributed by atoms with Crippen LogP contribution in [0.15, 0.2) is 35.3 Å². The van der Waals surface area contributed by atoms with Gasteiger partial charge in [0.05, 0.1) is 11.7 Å². The summed E-state index contributed by atoms with van der Waals surface area (Å²) in [5.41, 5.74) is 1.20. The molecule has 0 saturated carbocycles. The van der Waals surface area contributed by atoms with Crippen molar-refractivity contribution in [3.8, 4) is 5.75 Å². The Kier molecular flexibility index (Phi) is 6.32. The molecule has 1 aliphatic rings. The van der Waals surface area contributed by atoms with Gasteiger partial charge in [0.25, 0.3) is 5.56 Å². The predicted molar refractivity (Wildman–Crippen MR) is 126 cm³/mol. The highest BCUT2D eigenvalue weighted by molar-refractivity contribution is 6.32. The molecule has 1 N–H and O–H groups in total. The van der Waals surface area contributed by atoms with Crippen LogP contribution in [0.4, 0.5) is 17.5 Å². The number of hydrogen-bond donors (Lipinski definition) is 1. The molecule has 0 radical (unpaired) electrons. The summed E-state index contributed by atoms with van der Waals surface area (Å²) >= 11 is 6.36. The number of ketones is 1. The number of piperidine rings is 1. The number of aromatic nitrogens is 3. The predicted octanol–water partition coefficient (Wildman–Crippen LogP) is 4.07. The van der Waals surface area contributed by atoms with Crippen molar-refractivity contribution in [2.75, 3.05) is 23.3 Å². The summed E-state index contributed by atoms with van der Waals surface area (Å²) in [4.78, 5) is 35.4. The maximum Gasteiger partial charge on any atom is 0.293 e. The Balaban J connectivity index is 1.66. The molecular formula is C23H26ClN5O3. The molecule has 4 rings (SSSR count). The van der Waals surface area contributed by atoms with E-state index in [9.17, 15) is 9.59 Å². The molecule has 2 aromatic heterocycles. The monoisotopic (exact) mass is 455 g/mol. The van der Waals surface area contributed by atoms with E-state index in [0.717, 1.165) is 42.5 Å². The van der Waals surface area contributed by atoms with E-state index in [0.29, 0.717) is 16.8 Å². The number of hydrogen-bond acceptors (Lipinski definition) is 7. The van der Waals surface area contributed by atoms with E-state index in [1.165, 1.54) is 17.9 Å². The minimum Gasteiger partial charge on any atom is -0.477 e. The van der Waals surface area contributed by atoms with Crippen LogP contribution in [0.3, 0.4) is 0 Å². The van der Waals surface area contributed by atoms with Crippen molar-refractivity contribution in [3.05, 3.63) is 45.8 Å². The third-order valence-corrected chi connectivity index (χ3v) is 5.98. The number of carbonyl (C=O) groups excluding carboxylic acids is 1. The number of anilines is 3. The lowest BCUT2D eigenvalue weighted by Crippen LogP contribution is -2.31. The fraction of sp³-hybridized carbons (Fsp3) is 0.391. The van der Waals surface area contributed by atoms with E-state index in [4.69, 9.17) is 16.3 Å². The molecule has 0 aliphatic carbocycles. The summed E-state index contributed by atoms with van der Waals surface area (Å²) in [6.07, 6.45) is 4.40. The number of carbonyl (C=O) groups is 1. The van der Waals surface area contributed by atoms with E-state index in [2.05, 4.69) is 20.2 Å². The van der Waals surface area contributed by atoms with Crippen molar-refractivity contribution in [1.82, 2.24) is 14.5 Å². The van der Waals surface area contributed by atoms with Crippen molar-refractivity contribution >= 4 is 45.7 Å². The lowest BCUT2D eigenvalue weighted by atomic mass is 10.1. The molecule has 0 amide bonds. The summed E-state index contributed by atoms with van der Waals surface area (Å²) < 4.78 is 7.11. The van der Waals surface area contributed by atoms with Crippen LogP contribution < -0.4 is 20.5 Å². The Morgan fingerprint density at radius 1 is 1.22 bits per heavy atom. The van der Waals surface area contributed by atoms with Gasteiger partial charge < -0.3 is 19.5 Å². The van der Waals surface area contributed by atoms with E-state index >= 15 is 0 Å². The van der Waals surface area contributed by atoms with E-state index in [-0.39, 0.29) is 17.1 Å². The Morgan fingerprint density at radius 2 is 1.97 bits per heavy atom. The molecule has 1 unspecified atom stereocenters. The normalized spacial score (nSPS) is 14.9. The molecular weight excluding hydrogens is 430 g/mol. The number of fused-ring (bicyclic) bond motifs is 1. The summed E-state index contributed by atoms with van der Waals surface area (Å²) in [6.45, 7) is 4.93. The smallest absolute Gasteiger partial charge is 0.293 e. The standard InChI is InChI=1S/C23H26ClN5O3/c1-14(30)15(2)32-20-12-16-11-17(7-8-19(16)28(3)22(20)31)26-21-18(24)13-25-23(27-21)29-9-5-4-6-10-29/h7-8,11-13,15H,4-6,9-10H2,1-3H3,(H,25,26,27). The van der Waals surface area contributed by atoms with Gasteiger partial charge in [-0.2, -0.15) is 4.98 Å². The molecule has 8 nitrogen and oxygen atoms in total. The molecule has 1 aromatic carbocycles. The first-order valence-electron chi connectivity index (χ1n) is 10.7. The Morgan fingerprint density at radius 3 is 2.69 bits per heavy atom. The largest absolute Gasteiger partial charge is 0.477 e. The number of rotatable bonds is 6. The van der Waals surface area contributed by atoms with Gasteiger partial charge in [-0.1, -0.05) is 11.6 Å². The number of halogens is 1. The zero-order chi connectivity index (χ0) is 22.8. The number of ether oxygens (including phenoxy) is 1. The van der Waals surface area contributed by atoms with Crippen LogP contribution in [0.25, 0.3) is 10.9 Å². The minimum absolute atomic E-state index is 0.132. The summed E-state index contributed by atoms with van der Waals surface area (Å²) in [6, 6.07) is 7.25. The van der Waals surface area contributed by atoms with Gasteiger partial charge in [-0.05, 0) is 57.4 Å². The topological polar surface area (TPSA) is 89.3 Å². The molecule has 1 saturated heterocycles. The van der Waals surface area contributed by atoms with Crippen LogP contribution >= 0.6 is 11.6 Å². The Hall–Kier alpha value is -3.13. The first kappa shape index (κ1) is 22.1. The molecule has 1 fully saturated rings. The third kappa shape index (κ3) is 4.55. The highest BCUT2D eigenvalue weighted by Crippen LogP contribution is 2.28. The number of pyridine rings is 1. The number of aryl methyl sites for hydroxylation is 1. The van der Waals surface area contributed by atoms with Crippen LogP contribution in [0.1, 0.15) is 33.1 Å². The average molecular weight is 456 g/mol. The molecule has 3 heterocycles. The van der Waals surface area contributed by atoms with E-state index in [1.54, 1.807) is 26.2 Å². The highest BCUT2D eigenvalue weighted by Gasteiger charge is 2.17. The van der Waals surface area contributed by atoms with Crippen LogP contribution in [0.2, 0.25) is 5.02 Å². The van der Waals surface area contributed by atoms with Crippen LogP contribution in [-0.4, -0.2) is 39.5 Å². The molecule has 168 valence electrons. The third-order valence-electron chi connectivity index (χ3n) is 5.70. The fourth-order valence-electron chi connectivity index (χ4n) is 3.72. The van der Waals surface area contributed by atoms with Gasteiger partial charge in [0.15, 0.2) is 23.5 Å². The highest BCUT2D eigenvalue weighted by atomic mass is 35.5. The molecule has 1 aliphatic heterocycles. The summed E-state index contributed by atoms with van der Waals surface area (Å²) in [5, 5.41) is 4.47. The van der Waals surface area contributed by atoms with Gasteiger partial charge in [-0.15, -0.1) is 0 Å². The van der Waals surface area contributed by atoms with Gasteiger partial charge in [0.1, 0.15) is 5.02 Å². The average Bonchev–Trinajstić information content (AvgIpc) is 2.79. The molecule has 0 spiro atoms. The Labute approximate surface area is 191 Å². The number of nitrogens with one attached hydrogen (secondary N) is 1. The second-order valence-electron chi connectivity index (χ2n) is 8.06. The first-order valence-corrected chi connectivity index (χ1v) is 11.1. The first-order chi connectivity index (χ1) is 15.3. The van der Waals surface area contributed by atoms with Crippen LogP contribution in [0.5, 0.6) is 5.75 Å². The minimum atomic E-state index is -0.700. The SMILES string of the molecule is CC(=O)C(C)Oc1cc2cc(Nc3nc(N4CCCCC4)ncc3Cl)ccc2n(C)c1=O. The maximum absolute atomic E-state index is 12.6. The second-order valence-corrected chi connectivity index (χ2v) is 8.46. The van der Waals surface area contributed by atoms with Crippen LogP contribution in [-0.2, 0) is 11.8 Å². The van der Waals surface area contributed by atoms with Crippen molar-refractivity contribution in [1.29, 1.82) is 0 Å². The maximum atomic E-state index is 12.6. The van der Waals surface area contributed by atoms with E-state index in [1.807, 2.05) is 18.2 Å². The zero-order valence-electron chi connectivity index (χ0n) is 18.4. The van der Waals surface area contributed by atoms with Crippen molar-refractivity contribution < 1.29 is 9.53 Å². The molecule has 9 heteroatoms. The second kappa shape index (κ2) is 9.16. The van der Waals surface area contributed by atoms with Crippen molar-refractivity contribution in [2.45, 2.75) is 39.2 Å². The number of benzene rings is 1. The van der Waals surface area contributed by atoms with E-state index < -0.39 is 6.10 Å². The lowest BCUT2D eigenvalue weighted by Gasteiger charge is -2.26. The van der Waals surface area contributed by atoms with Gasteiger partial charge in [0.2, 0.25) is 5.95 Å². The molecule has 3 aromatic rings. The summed E-state index contributed by atoms with van der Waals surface area (Å²) in [5.74, 6) is 1.17. The molecule has 32 heavy (non-hydrogen) atoms. The van der Waals surface area contributed by atoms with Gasteiger partial charge >= 0.3 is 0 Å². The summed E-state index contributed by atoms with van der Waals surface area (Å²) in [7, 11) is 1.68. The number of Topliss-reactive ketones (excluding diaryl/α,β-unsaturated/α-hetero) is 1. The molecule has 1 atom stereocenters. The van der Waals surface area contributed by atoms with Gasteiger partial charge in [0, 0.05) is 31.2 Å². The lowest BCUT2D eigenvalue weighted by molar-refractivity contribution is -0.122. The van der Waals surface area contributed by atoms with Crippen molar-refractivity contribution in [3.63, 3.8) is 0 Å². The zero-order valence-corrected chi connectivity index (χ0v) is 19.1. The quantitative estimate of drug-likeness (QED) is 0.599.